The van der Waals surface area contributed by atoms with E-state index in [1.54, 1.807) is 4.57 Å². The van der Waals surface area contributed by atoms with Gasteiger partial charge in [-0.2, -0.15) is 5.10 Å². The third-order valence-electron chi connectivity index (χ3n) is 2.70. The number of hydrogen-bond acceptors (Lipinski definition) is 3. The first kappa shape index (κ1) is 11.7. The van der Waals surface area contributed by atoms with E-state index in [4.69, 9.17) is 16.3 Å². The third-order valence-corrected chi connectivity index (χ3v) is 2.85. The standard InChI is InChI=1S/C10H16ClN3O2/c11-4-7-16-8-6-14-10(15)13-5-2-1-3-9(13)12-14/h1-8H2. The van der Waals surface area contributed by atoms with Crippen LogP contribution in [0, 0.1) is 0 Å². The minimum Gasteiger partial charge on any atom is -0.378 e. The number of aryl methyl sites for hydroxylation is 1. The molecule has 1 aromatic rings. The molecule has 0 bridgehead atoms. The lowest BCUT2D eigenvalue weighted by atomic mass is 10.2. The fraction of sp³-hybridized carbons (Fsp3) is 0.800. The van der Waals surface area contributed by atoms with Gasteiger partial charge in [0.25, 0.3) is 0 Å². The van der Waals surface area contributed by atoms with Crippen molar-refractivity contribution < 1.29 is 4.74 Å². The van der Waals surface area contributed by atoms with Gasteiger partial charge in [0.05, 0.1) is 19.8 Å². The van der Waals surface area contributed by atoms with Gasteiger partial charge in [-0.15, -0.1) is 11.6 Å². The molecular formula is C10H16ClN3O2. The molecular weight excluding hydrogens is 230 g/mol. The lowest BCUT2D eigenvalue weighted by Gasteiger charge is -2.09. The molecule has 0 spiro atoms. The molecule has 6 heteroatoms. The molecule has 16 heavy (non-hydrogen) atoms. The van der Waals surface area contributed by atoms with E-state index in [1.807, 2.05) is 0 Å². The van der Waals surface area contributed by atoms with Gasteiger partial charge in [-0.1, -0.05) is 0 Å². The molecule has 0 atom stereocenters. The molecule has 1 aliphatic heterocycles. The lowest BCUT2D eigenvalue weighted by Crippen LogP contribution is -2.28. The smallest absolute Gasteiger partial charge is 0.345 e. The van der Waals surface area contributed by atoms with Gasteiger partial charge in [-0.05, 0) is 12.8 Å². The van der Waals surface area contributed by atoms with Crippen molar-refractivity contribution in [2.45, 2.75) is 32.4 Å². The van der Waals surface area contributed by atoms with Crippen LogP contribution in [0.2, 0.25) is 0 Å². The van der Waals surface area contributed by atoms with Crippen LogP contribution < -0.4 is 5.69 Å². The van der Waals surface area contributed by atoms with Gasteiger partial charge in [0, 0.05) is 18.8 Å². The molecule has 2 heterocycles. The zero-order valence-corrected chi connectivity index (χ0v) is 9.95. The Morgan fingerprint density at radius 2 is 2.25 bits per heavy atom. The second-order valence-corrected chi connectivity index (χ2v) is 4.21. The largest absolute Gasteiger partial charge is 0.378 e. The van der Waals surface area contributed by atoms with Crippen LogP contribution in [0.25, 0.3) is 0 Å². The second kappa shape index (κ2) is 5.50. The van der Waals surface area contributed by atoms with Crippen LogP contribution in [0.1, 0.15) is 18.7 Å². The first-order chi connectivity index (χ1) is 7.83. The maximum absolute atomic E-state index is 11.9. The number of ether oxygens (including phenoxy) is 1. The Kier molecular flexibility index (Phi) is 4.01. The highest BCUT2D eigenvalue weighted by molar-refractivity contribution is 6.17. The molecule has 0 aromatic carbocycles. The minimum atomic E-state index is -0.0100. The zero-order valence-electron chi connectivity index (χ0n) is 9.19. The van der Waals surface area contributed by atoms with Crippen molar-refractivity contribution in [1.82, 2.24) is 14.3 Å². The van der Waals surface area contributed by atoms with E-state index in [1.165, 1.54) is 4.68 Å². The number of nitrogens with zero attached hydrogens (tertiary/aromatic N) is 3. The molecule has 2 rings (SSSR count). The summed E-state index contributed by atoms with van der Waals surface area (Å²) < 4.78 is 8.50. The fourth-order valence-electron chi connectivity index (χ4n) is 1.90. The highest BCUT2D eigenvalue weighted by Gasteiger charge is 2.15. The van der Waals surface area contributed by atoms with Crippen LogP contribution in [0.4, 0.5) is 0 Å². The van der Waals surface area contributed by atoms with E-state index in [2.05, 4.69) is 5.10 Å². The molecule has 0 N–H and O–H groups in total. The Labute approximate surface area is 99.0 Å². The van der Waals surface area contributed by atoms with E-state index >= 15 is 0 Å². The van der Waals surface area contributed by atoms with Crippen LogP contribution in [-0.2, 0) is 24.2 Å². The molecule has 5 nitrogen and oxygen atoms in total. The van der Waals surface area contributed by atoms with Crippen molar-refractivity contribution in [3.05, 3.63) is 16.3 Å². The van der Waals surface area contributed by atoms with Crippen molar-refractivity contribution in [3.63, 3.8) is 0 Å². The van der Waals surface area contributed by atoms with E-state index in [0.29, 0.717) is 25.6 Å². The number of rotatable bonds is 5. The monoisotopic (exact) mass is 245 g/mol. The molecule has 90 valence electrons. The van der Waals surface area contributed by atoms with Crippen molar-refractivity contribution in [1.29, 1.82) is 0 Å². The predicted molar refractivity (Wildman–Crippen MR) is 61.0 cm³/mol. The Hall–Kier alpha value is -0.810. The summed E-state index contributed by atoms with van der Waals surface area (Å²) in [6.07, 6.45) is 3.10. The fourth-order valence-corrected chi connectivity index (χ4v) is 2.01. The first-order valence-corrected chi connectivity index (χ1v) is 6.16. The normalized spacial score (nSPS) is 15.1. The molecule has 0 radical (unpaired) electrons. The van der Waals surface area contributed by atoms with Crippen LogP contribution in [0.3, 0.4) is 0 Å². The second-order valence-electron chi connectivity index (χ2n) is 3.83. The van der Waals surface area contributed by atoms with Gasteiger partial charge < -0.3 is 4.74 Å². The maximum Gasteiger partial charge on any atom is 0.345 e. The SMILES string of the molecule is O=c1n(CCOCCCl)nc2n1CCCC2. The predicted octanol–water partition coefficient (Wildman–Crippen LogP) is 0.636. The average molecular weight is 246 g/mol. The molecule has 0 fully saturated rings. The Morgan fingerprint density at radius 3 is 3.00 bits per heavy atom. The zero-order chi connectivity index (χ0) is 11.4. The summed E-state index contributed by atoms with van der Waals surface area (Å²) >= 11 is 5.48. The Morgan fingerprint density at radius 1 is 1.38 bits per heavy atom. The van der Waals surface area contributed by atoms with Gasteiger partial charge in [-0.25, -0.2) is 9.48 Å². The van der Waals surface area contributed by atoms with Crippen LogP contribution >= 0.6 is 11.6 Å². The van der Waals surface area contributed by atoms with Gasteiger partial charge in [-0.3, -0.25) is 4.57 Å². The number of aromatic nitrogens is 3. The number of hydrogen-bond donors (Lipinski definition) is 0. The lowest BCUT2D eigenvalue weighted by molar-refractivity contribution is 0.137. The molecule has 0 saturated heterocycles. The Balaban J connectivity index is 1.99. The van der Waals surface area contributed by atoms with Crippen LogP contribution in [0.15, 0.2) is 4.79 Å². The summed E-state index contributed by atoms with van der Waals surface area (Å²) in [7, 11) is 0. The quantitative estimate of drug-likeness (QED) is 0.565. The van der Waals surface area contributed by atoms with E-state index < -0.39 is 0 Å². The number of halogens is 1. The van der Waals surface area contributed by atoms with Gasteiger partial charge in [0.2, 0.25) is 0 Å². The molecule has 0 unspecified atom stereocenters. The van der Waals surface area contributed by atoms with E-state index in [9.17, 15) is 4.79 Å². The molecule has 1 aromatic heterocycles. The van der Waals surface area contributed by atoms with Crippen molar-refractivity contribution in [2.24, 2.45) is 0 Å². The van der Waals surface area contributed by atoms with Gasteiger partial charge in [0.1, 0.15) is 5.82 Å². The molecule has 0 aliphatic carbocycles. The summed E-state index contributed by atoms with van der Waals surface area (Å²) in [4.78, 5) is 11.9. The highest BCUT2D eigenvalue weighted by Crippen LogP contribution is 2.08. The van der Waals surface area contributed by atoms with E-state index in [-0.39, 0.29) is 5.69 Å². The third kappa shape index (κ3) is 2.47. The molecule has 0 saturated carbocycles. The summed E-state index contributed by atoms with van der Waals surface area (Å²) in [5.74, 6) is 1.39. The van der Waals surface area contributed by atoms with Gasteiger partial charge >= 0.3 is 5.69 Å². The van der Waals surface area contributed by atoms with Crippen molar-refractivity contribution >= 4 is 11.6 Å². The van der Waals surface area contributed by atoms with Gasteiger partial charge in [0.15, 0.2) is 0 Å². The van der Waals surface area contributed by atoms with Crippen LogP contribution in [-0.4, -0.2) is 33.4 Å². The topological polar surface area (TPSA) is 49.1 Å². The summed E-state index contributed by atoms with van der Waals surface area (Å²) in [6.45, 7) is 2.32. The molecule has 1 aliphatic rings. The summed E-state index contributed by atoms with van der Waals surface area (Å²) in [5, 5.41) is 4.30. The summed E-state index contributed by atoms with van der Waals surface area (Å²) in [5.41, 5.74) is -0.0100. The van der Waals surface area contributed by atoms with Crippen LogP contribution in [0.5, 0.6) is 0 Å². The Bertz CT molecular complexity index is 399. The first-order valence-electron chi connectivity index (χ1n) is 5.63. The molecule has 0 amide bonds. The number of fused-ring (bicyclic) bond motifs is 1. The minimum absolute atomic E-state index is 0.0100. The number of alkyl halides is 1. The van der Waals surface area contributed by atoms with E-state index in [0.717, 1.165) is 31.6 Å². The van der Waals surface area contributed by atoms with Crippen molar-refractivity contribution in [2.75, 3.05) is 19.1 Å². The summed E-state index contributed by atoms with van der Waals surface area (Å²) in [6, 6.07) is 0. The van der Waals surface area contributed by atoms with Crippen molar-refractivity contribution in [3.8, 4) is 0 Å². The maximum atomic E-state index is 11.9. The average Bonchev–Trinajstić information content (AvgIpc) is 2.63. The highest BCUT2D eigenvalue weighted by atomic mass is 35.5.